The topological polar surface area (TPSA) is 46.5 Å². The molecule has 4 heteroatoms. The molecule has 1 rings (SSSR count). The first-order valence-electron chi connectivity index (χ1n) is 5.22. The third-order valence-corrected chi connectivity index (χ3v) is 2.43. The molecule has 0 saturated carbocycles. The van der Waals surface area contributed by atoms with Gasteiger partial charge in [0.05, 0.1) is 12.7 Å². The van der Waals surface area contributed by atoms with Gasteiger partial charge in [-0.2, -0.15) is 0 Å². The lowest BCUT2D eigenvalue weighted by Gasteiger charge is -2.10. The Labute approximate surface area is 100.0 Å². The van der Waals surface area contributed by atoms with Gasteiger partial charge in [-0.3, -0.25) is 4.79 Å². The van der Waals surface area contributed by atoms with E-state index in [-0.39, 0.29) is 12.4 Å². The number of aliphatic hydroxyl groups is 1. The summed E-state index contributed by atoms with van der Waals surface area (Å²) in [6, 6.07) is 6.92. The maximum atomic E-state index is 11.1. The summed E-state index contributed by atoms with van der Waals surface area (Å²) in [5, 5.41) is 10.4. The standard InChI is InChI=1S/C12H15ClO3/c1-2-16-12(15)8-7-11(14)9-3-5-10(13)6-4-9/h3-6,11,14H,2,7-8H2,1H3. The normalized spacial score (nSPS) is 12.2. The Morgan fingerprint density at radius 1 is 1.44 bits per heavy atom. The molecule has 1 aromatic carbocycles. The Balaban J connectivity index is 2.43. The lowest BCUT2D eigenvalue weighted by atomic mass is 10.1. The molecule has 1 N–H and O–H groups in total. The second-order valence-corrected chi connectivity index (χ2v) is 3.85. The van der Waals surface area contributed by atoms with Crippen molar-refractivity contribution in [3.05, 3.63) is 34.9 Å². The molecule has 0 radical (unpaired) electrons. The summed E-state index contributed by atoms with van der Waals surface area (Å²) < 4.78 is 4.78. The number of benzene rings is 1. The molecule has 88 valence electrons. The molecule has 0 spiro atoms. The number of carbonyl (C=O) groups is 1. The molecule has 3 nitrogen and oxygen atoms in total. The van der Waals surface area contributed by atoms with Gasteiger partial charge in [-0.25, -0.2) is 0 Å². The minimum atomic E-state index is -0.651. The number of carbonyl (C=O) groups excluding carboxylic acids is 1. The smallest absolute Gasteiger partial charge is 0.305 e. The van der Waals surface area contributed by atoms with Gasteiger partial charge in [-0.05, 0) is 31.0 Å². The van der Waals surface area contributed by atoms with E-state index in [0.717, 1.165) is 5.56 Å². The minimum Gasteiger partial charge on any atom is -0.466 e. The average Bonchev–Trinajstić information content (AvgIpc) is 2.27. The Morgan fingerprint density at radius 3 is 2.62 bits per heavy atom. The largest absolute Gasteiger partial charge is 0.466 e. The third kappa shape index (κ3) is 4.21. The van der Waals surface area contributed by atoms with Gasteiger partial charge >= 0.3 is 5.97 Å². The monoisotopic (exact) mass is 242 g/mol. The molecule has 0 amide bonds. The first-order chi connectivity index (χ1) is 7.63. The number of halogens is 1. The summed E-state index contributed by atoms with van der Waals surface area (Å²) >= 11 is 5.73. The van der Waals surface area contributed by atoms with Gasteiger partial charge in [0, 0.05) is 11.4 Å². The van der Waals surface area contributed by atoms with Crippen LogP contribution in [0.1, 0.15) is 31.4 Å². The van der Waals surface area contributed by atoms with E-state index in [0.29, 0.717) is 18.1 Å². The molecule has 0 aliphatic heterocycles. The molecule has 16 heavy (non-hydrogen) atoms. The van der Waals surface area contributed by atoms with Crippen LogP contribution in [0.15, 0.2) is 24.3 Å². The summed E-state index contributed by atoms with van der Waals surface area (Å²) in [7, 11) is 0. The summed E-state index contributed by atoms with van der Waals surface area (Å²) in [4.78, 5) is 11.1. The second-order valence-electron chi connectivity index (χ2n) is 3.41. The van der Waals surface area contributed by atoms with Crippen molar-refractivity contribution in [3.8, 4) is 0 Å². The maximum Gasteiger partial charge on any atom is 0.305 e. The van der Waals surface area contributed by atoms with Crippen LogP contribution in [-0.2, 0) is 9.53 Å². The Kier molecular flexibility index (Phi) is 5.29. The van der Waals surface area contributed by atoms with Gasteiger partial charge < -0.3 is 9.84 Å². The van der Waals surface area contributed by atoms with Crippen molar-refractivity contribution in [3.63, 3.8) is 0 Å². The van der Waals surface area contributed by atoms with Gasteiger partial charge in [0.15, 0.2) is 0 Å². The second kappa shape index (κ2) is 6.51. The number of rotatable bonds is 5. The van der Waals surface area contributed by atoms with Gasteiger partial charge in [-0.1, -0.05) is 23.7 Å². The average molecular weight is 243 g/mol. The highest BCUT2D eigenvalue weighted by Gasteiger charge is 2.10. The zero-order chi connectivity index (χ0) is 12.0. The van der Waals surface area contributed by atoms with Gasteiger partial charge in [-0.15, -0.1) is 0 Å². The van der Waals surface area contributed by atoms with Crippen LogP contribution in [0.3, 0.4) is 0 Å². The fourth-order valence-corrected chi connectivity index (χ4v) is 1.47. The zero-order valence-electron chi connectivity index (χ0n) is 9.15. The van der Waals surface area contributed by atoms with Crippen molar-refractivity contribution in [2.45, 2.75) is 25.9 Å². The van der Waals surface area contributed by atoms with Crippen molar-refractivity contribution in [1.82, 2.24) is 0 Å². The number of ether oxygens (including phenoxy) is 1. The van der Waals surface area contributed by atoms with Crippen molar-refractivity contribution in [2.24, 2.45) is 0 Å². The highest BCUT2D eigenvalue weighted by atomic mass is 35.5. The van der Waals surface area contributed by atoms with Crippen LogP contribution in [0.5, 0.6) is 0 Å². The van der Waals surface area contributed by atoms with Crippen molar-refractivity contribution >= 4 is 17.6 Å². The first-order valence-corrected chi connectivity index (χ1v) is 5.60. The lowest BCUT2D eigenvalue weighted by molar-refractivity contribution is -0.143. The number of hydrogen-bond acceptors (Lipinski definition) is 3. The van der Waals surface area contributed by atoms with Crippen molar-refractivity contribution < 1.29 is 14.6 Å². The van der Waals surface area contributed by atoms with Crippen LogP contribution in [0.4, 0.5) is 0 Å². The molecule has 1 aromatic rings. The molecular weight excluding hydrogens is 228 g/mol. The number of esters is 1. The predicted octanol–water partition coefficient (Wildman–Crippen LogP) is 2.72. The predicted molar refractivity (Wildman–Crippen MR) is 62.3 cm³/mol. The Morgan fingerprint density at radius 2 is 2.06 bits per heavy atom. The molecule has 0 aliphatic rings. The van der Waals surface area contributed by atoms with Crippen LogP contribution in [0.25, 0.3) is 0 Å². The highest BCUT2D eigenvalue weighted by molar-refractivity contribution is 6.30. The van der Waals surface area contributed by atoms with Crippen LogP contribution in [0.2, 0.25) is 5.02 Å². The number of hydrogen-bond donors (Lipinski definition) is 1. The molecular formula is C12H15ClO3. The van der Waals surface area contributed by atoms with E-state index in [9.17, 15) is 9.90 Å². The summed E-state index contributed by atoms with van der Waals surface area (Å²) in [6.07, 6.45) is -0.0698. The zero-order valence-corrected chi connectivity index (χ0v) is 9.91. The van der Waals surface area contributed by atoms with Gasteiger partial charge in [0.1, 0.15) is 0 Å². The van der Waals surface area contributed by atoms with E-state index in [1.807, 2.05) is 0 Å². The van der Waals surface area contributed by atoms with E-state index < -0.39 is 6.10 Å². The summed E-state index contributed by atoms with van der Waals surface area (Å²) in [5.74, 6) is -0.282. The van der Waals surface area contributed by atoms with Crippen molar-refractivity contribution in [1.29, 1.82) is 0 Å². The van der Waals surface area contributed by atoms with Crippen LogP contribution >= 0.6 is 11.6 Å². The third-order valence-electron chi connectivity index (χ3n) is 2.18. The fraction of sp³-hybridized carbons (Fsp3) is 0.417. The van der Waals surface area contributed by atoms with Gasteiger partial charge in [0.25, 0.3) is 0 Å². The maximum absolute atomic E-state index is 11.1. The lowest BCUT2D eigenvalue weighted by Crippen LogP contribution is -2.06. The summed E-state index contributed by atoms with van der Waals surface area (Å²) in [6.45, 7) is 2.13. The fourth-order valence-electron chi connectivity index (χ4n) is 1.34. The van der Waals surface area contributed by atoms with Crippen LogP contribution in [0, 0.1) is 0 Å². The van der Waals surface area contributed by atoms with E-state index in [1.54, 1.807) is 31.2 Å². The quantitative estimate of drug-likeness (QED) is 0.808. The van der Waals surface area contributed by atoms with E-state index in [1.165, 1.54) is 0 Å². The van der Waals surface area contributed by atoms with Crippen molar-refractivity contribution in [2.75, 3.05) is 6.61 Å². The van der Waals surface area contributed by atoms with E-state index >= 15 is 0 Å². The summed E-state index contributed by atoms with van der Waals surface area (Å²) in [5.41, 5.74) is 0.758. The SMILES string of the molecule is CCOC(=O)CCC(O)c1ccc(Cl)cc1. The van der Waals surface area contributed by atoms with E-state index in [2.05, 4.69) is 0 Å². The molecule has 0 saturated heterocycles. The molecule has 0 aromatic heterocycles. The Bertz CT molecular complexity index is 335. The molecule has 0 fully saturated rings. The van der Waals surface area contributed by atoms with Crippen LogP contribution < -0.4 is 0 Å². The van der Waals surface area contributed by atoms with Crippen LogP contribution in [-0.4, -0.2) is 17.7 Å². The Hall–Kier alpha value is -1.06. The molecule has 0 aliphatic carbocycles. The number of aliphatic hydroxyl groups excluding tert-OH is 1. The molecule has 1 unspecified atom stereocenters. The highest BCUT2D eigenvalue weighted by Crippen LogP contribution is 2.20. The molecule has 0 heterocycles. The van der Waals surface area contributed by atoms with E-state index in [4.69, 9.17) is 16.3 Å². The minimum absolute atomic E-state index is 0.220. The van der Waals surface area contributed by atoms with Gasteiger partial charge in [0.2, 0.25) is 0 Å². The first kappa shape index (κ1) is 13.0. The molecule has 0 bridgehead atoms. The molecule has 1 atom stereocenters.